The van der Waals surface area contributed by atoms with Gasteiger partial charge in [-0.25, -0.2) is 0 Å². The van der Waals surface area contributed by atoms with Crippen molar-refractivity contribution in [3.63, 3.8) is 0 Å². The maximum Gasteiger partial charge on any atom is 0.291 e. The molecule has 0 aliphatic heterocycles. The van der Waals surface area contributed by atoms with Crippen molar-refractivity contribution in [2.45, 2.75) is 19.4 Å². The topological polar surface area (TPSA) is 107 Å². The molecule has 0 amide bonds. The Morgan fingerprint density at radius 1 is 1.22 bits per heavy atom. The summed E-state index contributed by atoms with van der Waals surface area (Å²) in [7, 11) is 0. The van der Waals surface area contributed by atoms with E-state index in [0.717, 1.165) is 12.1 Å². The molecule has 1 rings (SSSR count). The van der Waals surface area contributed by atoms with Crippen LogP contribution in [0.2, 0.25) is 0 Å². The summed E-state index contributed by atoms with van der Waals surface area (Å²) in [5.41, 5.74) is -2.11. The first-order valence-electron chi connectivity index (χ1n) is 4.89. The molecule has 0 bridgehead atoms. The van der Waals surface area contributed by atoms with Crippen LogP contribution in [0.25, 0.3) is 0 Å². The molecule has 0 radical (unpaired) electrons. The normalized spacial score (nSPS) is 10.4. The Hall–Kier alpha value is -2.46. The zero-order chi connectivity index (χ0) is 13.9. The van der Waals surface area contributed by atoms with Crippen LogP contribution in [0, 0.1) is 32.1 Å². The number of non-ortho nitro benzene ring substituents is 1. The number of hydrogen-bond donors (Lipinski definition) is 1. The average Bonchev–Trinajstić information content (AvgIpc) is 2.24. The smallest absolute Gasteiger partial charge is 0.291 e. The Kier molecular flexibility index (Phi) is 3.64. The molecule has 7 heteroatoms. The number of benzene rings is 1. The molecular weight excluding hydrogens is 240 g/mol. The molecule has 1 aromatic rings. The molecule has 18 heavy (non-hydrogen) atoms. The fourth-order valence-corrected chi connectivity index (χ4v) is 1.11. The van der Waals surface area contributed by atoms with Crippen LogP contribution in [-0.2, 0) is 0 Å². The van der Waals surface area contributed by atoms with Crippen LogP contribution >= 0.6 is 0 Å². The van der Waals surface area contributed by atoms with E-state index < -0.39 is 21.1 Å². The van der Waals surface area contributed by atoms with Crippen molar-refractivity contribution in [1.82, 2.24) is 0 Å². The zero-order valence-electron chi connectivity index (χ0n) is 9.71. The molecule has 0 aliphatic rings. The van der Waals surface area contributed by atoms with Gasteiger partial charge in [-0.2, -0.15) is 0 Å². The van der Waals surface area contributed by atoms with Gasteiger partial charge in [0.1, 0.15) is 11.2 Å². The third kappa shape index (κ3) is 3.54. The summed E-state index contributed by atoms with van der Waals surface area (Å²) in [6, 6.07) is 3.16. The van der Waals surface area contributed by atoms with E-state index in [2.05, 4.69) is 11.8 Å². The fourth-order valence-electron chi connectivity index (χ4n) is 1.11. The molecule has 7 nitrogen and oxygen atoms in total. The number of hydrogen-bond acceptors (Lipinski definition) is 5. The molecule has 0 aromatic heterocycles. The Bertz CT molecular complexity index is 563. The molecule has 0 saturated heterocycles. The van der Waals surface area contributed by atoms with E-state index in [1.165, 1.54) is 19.9 Å². The molecule has 0 aliphatic carbocycles. The highest BCUT2D eigenvalue weighted by Crippen LogP contribution is 2.23. The number of nitrogens with zero attached hydrogens (tertiary/aromatic N) is 2. The molecule has 1 aromatic carbocycles. The lowest BCUT2D eigenvalue weighted by atomic mass is 10.1. The summed E-state index contributed by atoms with van der Waals surface area (Å²) in [5.74, 6) is 4.85. The number of nitro groups is 2. The first-order chi connectivity index (χ1) is 8.20. The lowest BCUT2D eigenvalue weighted by molar-refractivity contribution is -0.394. The second kappa shape index (κ2) is 4.81. The van der Waals surface area contributed by atoms with E-state index in [9.17, 15) is 25.3 Å². The molecule has 0 fully saturated rings. The summed E-state index contributed by atoms with van der Waals surface area (Å²) >= 11 is 0. The van der Waals surface area contributed by atoms with E-state index in [1.54, 1.807) is 0 Å². The molecule has 0 atom stereocenters. The lowest BCUT2D eigenvalue weighted by Gasteiger charge is -2.05. The van der Waals surface area contributed by atoms with Gasteiger partial charge in [0.15, 0.2) is 0 Å². The summed E-state index contributed by atoms with van der Waals surface area (Å²) in [5, 5.41) is 30.7. The van der Waals surface area contributed by atoms with Gasteiger partial charge < -0.3 is 5.11 Å². The maximum absolute atomic E-state index is 10.8. The highest BCUT2D eigenvalue weighted by molar-refractivity contribution is 5.56. The minimum atomic E-state index is -1.30. The quantitative estimate of drug-likeness (QED) is 0.487. The molecule has 0 spiro atoms. The Morgan fingerprint density at radius 2 is 1.83 bits per heavy atom. The predicted octanol–water partition coefficient (Wildman–Crippen LogP) is 1.63. The van der Waals surface area contributed by atoms with E-state index in [4.69, 9.17) is 0 Å². The summed E-state index contributed by atoms with van der Waals surface area (Å²) in [6.07, 6.45) is 0. The summed E-state index contributed by atoms with van der Waals surface area (Å²) in [4.78, 5) is 19.8. The van der Waals surface area contributed by atoms with Gasteiger partial charge in [0.25, 0.3) is 11.4 Å². The second-order valence-corrected chi connectivity index (χ2v) is 4.02. The van der Waals surface area contributed by atoms with Crippen molar-refractivity contribution < 1.29 is 15.0 Å². The van der Waals surface area contributed by atoms with Crippen molar-refractivity contribution in [3.8, 4) is 11.8 Å². The van der Waals surface area contributed by atoms with E-state index >= 15 is 0 Å². The standard InChI is InChI=1S/C11H10N2O5/c1-11(2,14)6-5-8-3-4-9(12(15)16)7-10(8)13(17)18/h3-4,7,14H,1-2H3. The molecule has 0 heterocycles. The van der Waals surface area contributed by atoms with Gasteiger partial charge in [0, 0.05) is 6.07 Å². The number of aliphatic hydroxyl groups is 1. The number of rotatable bonds is 2. The summed E-state index contributed by atoms with van der Waals surface area (Å²) in [6.45, 7) is 2.86. The van der Waals surface area contributed by atoms with Crippen LogP contribution in [0.4, 0.5) is 11.4 Å². The van der Waals surface area contributed by atoms with Crippen molar-refractivity contribution >= 4 is 11.4 Å². The van der Waals surface area contributed by atoms with Crippen LogP contribution in [-0.4, -0.2) is 20.6 Å². The highest BCUT2D eigenvalue weighted by atomic mass is 16.6. The van der Waals surface area contributed by atoms with Crippen LogP contribution in [0.15, 0.2) is 18.2 Å². The van der Waals surface area contributed by atoms with E-state index in [1.807, 2.05) is 0 Å². The molecule has 0 saturated carbocycles. The van der Waals surface area contributed by atoms with Crippen molar-refractivity contribution in [3.05, 3.63) is 44.0 Å². The van der Waals surface area contributed by atoms with E-state index in [0.29, 0.717) is 0 Å². The first-order valence-corrected chi connectivity index (χ1v) is 4.89. The molecular formula is C11H10N2O5. The summed E-state index contributed by atoms with van der Waals surface area (Å²) < 4.78 is 0. The Labute approximate surface area is 102 Å². The largest absolute Gasteiger partial charge is 0.378 e. The predicted molar refractivity (Wildman–Crippen MR) is 62.9 cm³/mol. The monoisotopic (exact) mass is 250 g/mol. The minimum Gasteiger partial charge on any atom is -0.378 e. The minimum absolute atomic E-state index is 0.0210. The first kappa shape index (κ1) is 13.6. The van der Waals surface area contributed by atoms with Gasteiger partial charge in [0.05, 0.1) is 15.9 Å². The van der Waals surface area contributed by atoms with Crippen LogP contribution in [0.3, 0.4) is 0 Å². The van der Waals surface area contributed by atoms with Gasteiger partial charge in [-0.1, -0.05) is 11.8 Å². The van der Waals surface area contributed by atoms with Gasteiger partial charge >= 0.3 is 0 Å². The third-order valence-corrected chi connectivity index (χ3v) is 1.89. The third-order valence-electron chi connectivity index (χ3n) is 1.89. The SMILES string of the molecule is CC(C)(O)C#Cc1ccc([N+](=O)[O-])cc1[N+](=O)[O-]. The Morgan fingerprint density at radius 3 is 2.28 bits per heavy atom. The molecule has 1 N–H and O–H groups in total. The van der Waals surface area contributed by atoms with Crippen LogP contribution < -0.4 is 0 Å². The highest BCUT2D eigenvalue weighted by Gasteiger charge is 2.18. The lowest BCUT2D eigenvalue weighted by Crippen LogP contribution is -2.14. The molecule has 0 unspecified atom stereocenters. The zero-order valence-corrected chi connectivity index (χ0v) is 9.71. The van der Waals surface area contributed by atoms with Gasteiger partial charge in [0.2, 0.25) is 0 Å². The Balaban J connectivity index is 3.32. The molecule has 94 valence electrons. The van der Waals surface area contributed by atoms with Crippen LogP contribution in [0.1, 0.15) is 19.4 Å². The van der Waals surface area contributed by atoms with Crippen LogP contribution in [0.5, 0.6) is 0 Å². The van der Waals surface area contributed by atoms with Gasteiger partial charge in [-0.3, -0.25) is 20.2 Å². The van der Waals surface area contributed by atoms with Gasteiger partial charge in [-0.05, 0) is 19.9 Å². The van der Waals surface area contributed by atoms with E-state index in [-0.39, 0.29) is 11.3 Å². The van der Waals surface area contributed by atoms with Crippen molar-refractivity contribution in [1.29, 1.82) is 0 Å². The fraction of sp³-hybridized carbons (Fsp3) is 0.273. The second-order valence-electron chi connectivity index (χ2n) is 4.02. The van der Waals surface area contributed by atoms with Crippen molar-refractivity contribution in [2.24, 2.45) is 0 Å². The average molecular weight is 250 g/mol. The van der Waals surface area contributed by atoms with Crippen molar-refractivity contribution in [2.75, 3.05) is 0 Å². The maximum atomic E-state index is 10.8. The van der Waals surface area contributed by atoms with Gasteiger partial charge in [-0.15, -0.1) is 0 Å². The number of nitro benzene ring substituents is 2.